The molecule has 4 nitrogen and oxygen atoms in total. The Hall–Kier alpha value is -1.39. The predicted octanol–water partition coefficient (Wildman–Crippen LogP) is 2.18. The molecule has 8 heteroatoms. The van der Waals surface area contributed by atoms with Gasteiger partial charge < -0.3 is 4.74 Å². The molecular weight excluding hydrogens is 276 g/mol. The van der Waals surface area contributed by atoms with Crippen LogP contribution in [0.1, 0.15) is 6.92 Å². The van der Waals surface area contributed by atoms with Crippen molar-refractivity contribution < 1.29 is 21.9 Å². The summed E-state index contributed by atoms with van der Waals surface area (Å²) < 4.78 is 53.1. The average Bonchev–Trinajstić information content (AvgIpc) is 2.22. The number of nitriles is 1. The van der Waals surface area contributed by atoms with Crippen LogP contribution in [0.2, 0.25) is 0 Å². The summed E-state index contributed by atoms with van der Waals surface area (Å²) in [5.41, 5.74) is 0. The number of rotatable bonds is 3. The summed E-state index contributed by atoms with van der Waals surface area (Å²) in [5, 5.41) is 8.43. The fraction of sp³-hybridized carbons (Fsp3) is 0.222. The van der Waals surface area contributed by atoms with Crippen molar-refractivity contribution in [2.24, 2.45) is 0 Å². The molecule has 0 N–H and O–H groups in total. The molecule has 0 bridgehead atoms. The zero-order valence-electron chi connectivity index (χ0n) is 8.45. The molecule has 0 aliphatic rings. The summed E-state index contributed by atoms with van der Waals surface area (Å²) in [5.74, 6) is -3.70. The number of hydrogen-bond donors (Lipinski definition) is 0. The number of ether oxygens (including phenoxy) is 1. The molecule has 1 aromatic rings. The standard InChI is InChI=1S/C9H6ClF2NO3S/c1-5(4-13)16-6-2-3-7(17(10,14)15)9(12)8(6)11/h2-3,5H,1H3. The molecular formula is C9H6ClF2NO3S. The maximum absolute atomic E-state index is 13.4. The Bertz CT molecular complexity index is 583. The fourth-order valence-corrected chi connectivity index (χ4v) is 1.90. The van der Waals surface area contributed by atoms with E-state index >= 15 is 0 Å². The first-order valence-electron chi connectivity index (χ1n) is 4.26. The number of nitrogens with zero attached hydrogens (tertiary/aromatic N) is 1. The van der Waals surface area contributed by atoms with Crippen molar-refractivity contribution >= 4 is 19.7 Å². The number of halogens is 3. The van der Waals surface area contributed by atoms with Gasteiger partial charge in [0.1, 0.15) is 11.0 Å². The molecule has 0 fully saturated rings. The quantitative estimate of drug-likeness (QED) is 0.797. The lowest BCUT2D eigenvalue weighted by Gasteiger charge is -2.09. The van der Waals surface area contributed by atoms with Crippen molar-refractivity contribution in [2.75, 3.05) is 0 Å². The Balaban J connectivity index is 3.26. The van der Waals surface area contributed by atoms with Gasteiger partial charge >= 0.3 is 0 Å². The molecule has 0 saturated heterocycles. The van der Waals surface area contributed by atoms with Gasteiger partial charge in [-0.3, -0.25) is 0 Å². The van der Waals surface area contributed by atoms with Crippen LogP contribution in [0.5, 0.6) is 5.75 Å². The summed E-state index contributed by atoms with van der Waals surface area (Å²) in [6.07, 6.45) is -0.998. The van der Waals surface area contributed by atoms with Gasteiger partial charge in [-0.25, -0.2) is 12.8 Å². The van der Waals surface area contributed by atoms with Gasteiger partial charge in [0, 0.05) is 10.7 Å². The van der Waals surface area contributed by atoms with Gasteiger partial charge in [-0.15, -0.1) is 0 Å². The van der Waals surface area contributed by atoms with Crippen LogP contribution in [0.15, 0.2) is 17.0 Å². The Morgan fingerprint density at radius 1 is 1.41 bits per heavy atom. The van der Waals surface area contributed by atoms with E-state index in [1.54, 1.807) is 6.07 Å². The van der Waals surface area contributed by atoms with Crippen molar-refractivity contribution in [3.05, 3.63) is 23.8 Å². The number of hydrogen-bond acceptors (Lipinski definition) is 4. The Morgan fingerprint density at radius 2 is 2.00 bits per heavy atom. The van der Waals surface area contributed by atoms with E-state index in [4.69, 9.17) is 20.7 Å². The Morgan fingerprint density at radius 3 is 2.47 bits per heavy atom. The van der Waals surface area contributed by atoms with E-state index in [1.807, 2.05) is 0 Å². The van der Waals surface area contributed by atoms with Crippen molar-refractivity contribution in [3.63, 3.8) is 0 Å². The second-order valence-electron chi connectivity index (χ2n) is 3.02. The monoisotopic (exact) mass is 281 g/mol. The topological polar surface area (TPSA) is 67.2 Å². The second kappa shape index (κ2) is 4.85. The lowest BCUT2D eigenvalue weighted by Crippen LogP contribution is -2.11. The lowest BCUT2D eigenvalue weighted by molar-refractivity contribution is 0.257. The average molecular weight is 282 g/mol. The summed E-state index contributed by atoms with van der Waals surface area (Å²) >= 11 is 0. The third-order valence-corrected chi connectivity index (χ3v) is 3.10. The molecule has 1 unspecified atom stereocenters. The molecule has 0 saturated carbocycles. The fourth-order valence-electron chi connectivity index (χ4n) is 1.01. The van der Waals surface area contributed by atoms with E-state index in [2.05, 4.69) is 0 Å². The highest BCUT2D eigenvalue weighted by Gasteiger charge is 2.23. The maximum atomic E-state index is 13.4. The molecule has 1 rings (SSSR count). The Kier molecular flexibility index (Phi) is 3.91. The highest BCUT2D eigenvalue weighted by atomic mass is 35.7. The van der Waals surface area contributed by atoms with Crippen molar-refractivity contribution in [3.8, 4) is 11.8 Å². The van der Waals surface area contributed by atoms with Crippen molar-refractivity contribution in [1.82, 2.24) is 0 Å². The van der Waals surface area contributed by atoms with Gasteiger partial charge in [-0.1, -0.05) is 0 Å². The first-order valence-corrected chi connectivity index (χ1v) is 6.57. The predicted molar refractivity (Wildman–Crippen MR) is 55.1 cm³/mol. The maximum Gasteiger partial charge on any atom is 0.264 e. The minimum Gasteiger partial charge on any atom is -0.473 e. The molecule has 1 aromatic carbocycles. The smallest absolute Gasteiger partial charge is 0.264 e. The van der Waals surface area contributed by atoms with Crippen LogP contribution >= 0.6 is 10.7 Å². The molecule has 0 spiro atoms. The van der Waals surface area contributed by atoms with Crippen LogP contribution in [0.3, 0.4) is 0 Å². The largest absolute Gasteiger partial charge is 0.473 e. The first kappa shape index (κ1) is 13.7. The SMILES string of the molecule is CC(C#N)Oc1ccc(S(=O)(=O)Cl)c(F)c1F. The second-order valence-corrected chi connectivity index (χ2v) is 5.55. The van der Waals surface area contributed by atoms with Crippen LogP contribution in [-0.2, 0) is 9.05 Å². The Labute approximate surface area is 101 Å². The van der Waals surface area contributed by atoms with Crippen LogP contribution in [0.4, 0.5) is 8.78 Å². The molecule has 0 aromatic heterocycles. The molecule has 0 amide bonds. The number of benzene rings is 1. The van der Waals surface area contributed by atoms with E-state index in [0.717, 1.165) is 12.1 Å². The molecule has 1 atom stereocenters. The van der Waals surface area contributed by atoms with E-state index < -0.39 is 37.4 Å². The third-order valence-electron chi connectivity index (χ3n) is 1.76. The highest BCUT2D eigenvalue weighted by molar-refractivity contribution is 8.13. The highest BCUT2D eigenvalue weighted by Crippen LogP contribution is 2.27. The minimum atomic E-state index is -4.37. The van der Waals surface area contributed by atoms with E-state index in [9.17, 15) is 17.2 Å². The summed E-state index contributed by atoms with van der Waals surface area (Å²) in [6, 6.07) is 3.30. The van der Waals surface area contributed by atoms with E-state index in [-0.39, 0.29) is 0 Å². The van der Waals surface area contributed by atoms with Gasteiger partial charge in [0.05, 0.1) is 0 Å². The molecule has 0 heterocycles. The third kappa shape index (κ3) is 3.05. The van der Waals surface area contributed by atoms with Gasteiger partial charge in [0.2, 0.25) is 5.82 Å². The summed E-state index contributed by atoms with van der Waals surface area (Å²) in [6.45, 7) is 1.32. The summed E-state index contributed by atoms with van der Waals surface area (Å²) in [7, 11) is 0.523. The van der Waals surface area contributed by atoms with E-state index in [1.165, 1.54) is 6.92 Å². The zero-order valence-corrected chi connectivity index (χ0v) is 10.0. The van der Waals surface area contributed by atoms with Crippen molar-refractivity contribution in [2.45, 2.75) is 17.9 Å². The lowest BCUT2D eigenvalue weighted by atomic mass is 10.3. The van der Waals surface area contributed by atoms with Crippen LogP contribution in [-0.4, -0.2) is 14.5 Å². The van der Waals surface area contributed by atoms with Crippen LogP contribution < -0.4 is 4.74 Å². The molecule has 0 aliphatic heterocycles. The van der Waals surface area contributed by atoms with Gasteiger partial charge in [-0.05, 0) is 19.1 Å². The molecule has 17 heavy (non-hydrogen) atoms. The normalized spacial score (nSPS) is 12.9. The van der Waals surface area contributed by atoms with Gasteiger partial charge in [0.15, 0.2) is 17.7 Å². The van der Waals surface area contributed by atoms with Crippen molar-refractivity contribution in [1.29, 1.82) is 5.26 Å². The molecule has 0 aliphatic carbocycles. The van der Waals surface area contributed by atoms with Gasteiger partial charge in [0.25, 0.3) is 9.05 Å². The van der Waals surface area contributed by atoms with Gasteiger partial charge in [-0.2, -0.15) is 9.65 Å². The van der Waals surface area contributed by atoms with E-state index in [0.29, 0.717) is 0 Å². The summed E-state index contributed by atoms with van der Waals surface area (Å²) in [4.78, 5) is -0.978. The zero-order chi connectivity index (χ0) is 13.2. The minimum absolute atomic E-state index is 0.555. The van der Waals surface area contributed by atoms with Crippen LogP contribution in [0.25, 0.3) is 0 Å². The van der Waals surface area contributed by atoms with Crippen LogP contribution in [0, 0.1) is 23.0 Å². The molecule has 0 radical (unpaired) electrons. The molecule has 92 valence electrons. The first-order chi connectivity index (χ1) is 7.77.